The molecule has 248 valence electrons. The molecule has 2 aliphatic heterocycles. The Morgan fingerprint density at radius 3 is 2.48 bits per heavy atom. The summed E-state index contributed by atoms with van der Waals surface area (Å²) in [7, 11) is 1.51. The van der Waals surface area contributed by atoms with Crippen LogP contribution in [0.25, 0.3) is 11.3 Å². The highest BCUT2D eigenvalue weighted by Gasteiger charge is 2.36. The first-order valence-electron chi connectivity index (χ1n) is 15.6. The Kier molecular flexibility index (Phi) is 10.1. The van der Waals surface area contributed by atoms with Gasteiger partial charge in [-0.25, -0.2) is 22.9 Å². The van der Waals surface area contributed by atoms with Crippen LogP contribution in [0.1, 0.15) is 58.2 Å². The van der Waals surface area contributed by atoms with E-state index in [1.54, 1.807) is 12.4 Å². The van der Waals surface area contributed by atoms with E-state index < -0.39 is 46.0 Å². The van der Waals surface area contributed by atoms with Crippen molar-refractivity contribution in [2.45, 2.75) is 70.7 Å². The largest absolute Gasteiger partial charge is 0.444 e. The summed E-state index contributed by atoms with van der Waals surface area (Å²) < 4.78 is 62.6. The van der Waals surface area contributed by atoms with Crippen LogP contribution in [-0.4, -0.2) is 61.1 Å². The van der Waals surface area contributed by atoms with E-state index >= 15 is 13.2 Å². The van der Waals surface area contributed by atoms with Crippen LogP contribution in [0, 0.1) is 23.4 Å². The molecule has 2 fully saturated rings. The number of carbonyl (C=O) groups excluding carboxylic acids is 1. The molecule has 3 aromatic rings. The van der Waals surface area contributed by atoms with Gasteiger partial charge < -0.3 is 29.7 Å². The Labute approximate surface area is 267 Å². The van der Waals surface area contributed by atoms with Gasteiger partial charge in [-0.15, -0.1) is 0 Å². The number of benzene rings is 1. The predicted molar refractivity (Wildman–Crippen MR) is 169 cm³/mol. The van der Waals surface area contributed by atoms with Gasteiger partial charge in [-0.2, -0.15) is 0 Å². The summed E-state index contributed by atoms with van der Waals surface area (Å²) in [6.07, 6.45) is 4.61. The van der Waals surface area contributed by atoms with E-state index in [1.807, 2.05) is 26.8 Å². The zero-order valence-corrected chi connectivity index (χ0v) is 27.0. The van der Waals surface area contributed by atoms with Gasteiger partial charge in [0, 0.05) is 58.5 Å². The number of pyridine rings is 2. The highest BCUT2D eigenvalue weighted by atomic mass is 19.1. The number of carbonyl (C=O) groups is 1. The zero-order valence-electron chi connectivity index (χ0n) is 27.0. The lowest BCUT2D eigenvalue weighted by molar-refractivity contribution is -0.0950. The van der Waals surface area contributed by atoms with Gasteiger partial charge in [0.05, 0.1) is 41.0 Å². The summed E-state index contributed by atoms with van der Waals surface area (Å²) in [4.78, 5) is 23.2. The number of amides is 1. The molecule has 2 N–H and O–H groups in total. The second kappa shape index (κ2) is 13.8. The molecule has 1 amide bonds. The molecule has 0 aliphatic carbocycles. The Hall–Kier alpha value is -3.90. The minimum Gasteiger partial charge on any atom is -0.444 e. The lowest BCUT2D eigenvalue weighted by atomic mass is 9.85. The number of hydrogen-bond acceptors (Lipinski definition) is 8. The second-order valence-electron chi connectivity index (χ2n) is 13.1. The maximum Gasteiger partial charge on any atom is 0.407 e. The highest BCUT2D eigenvalue weighted by molar-refractivity contribution is 5.71. The maximum atomic E-state index is 15.5. The normalized spacial score (nSPS) is 19.9. The van der Waals surface area contributed by atoms with Crippen LogP contribution in [0.5, 0.6) is 0 Å². The van der Waals surface area contributed by atoms with Crippen molar-refractivity contribution in [1.82, 2.24) is 15.3 Å². The molecule has 0 spiro atoms. The quantitative estimate of drug-likeness (QED) is 0.285. The number of methoxy groups -OCH3 is 1. The molecular weight excluding hydrogens is 599 g/mol. The minimum absolute atomic E-state index is 0.123. The number of nitrogens with one attached hydrogen (secondary N) is 2. The summed E-state index contributed by atoms with van der Waals surface area (Å²) >= 11 is 0. The van der Waals surface area contributed by atoms with E-state index in [-0.39, 0.29) is 18.5 Å². The summed E-state index contributed by atoms with van der Waals surface area (Å²) in [6, 6.07) is 6.79. The van der Waals surface area contributed by atoms with Crippen molar-refractivity contribution in [3.63, 3.8) is 0 Å². The maximum absolute atomic E-state index is 15.5. The molecule has 2 aromatic heterocycles. The molecule has 12 heteroatoms. The monoisotopic (exact) mass is 641 g/mol. The summed E-state index contributed by atoms with van der Waals surface area (Å²) in [5.74, 6) is -2.39. The molecule has 46 heavy (non-hydrogen) atoms. The van der Waals surface area contributed by atoms with Gasteiger partial charge in [0.15, 0.2) is 0 Å². The number of hydrogen-bond donors (Lipinski definition) is 2. The molecule has 0 radical (unpaired) electrons. The first-order valence-corrected chi connectivity index (χ1v) is 15.6. The van der Waals surface area contributed by atoms with Crippen molar-refractivity contribution in [3.05, 3.63) is 71.4 Å². The van der Waals surface area contributed by atoms with E-state index in [2.05, 4.69) is 32.4 Å². The molecule has 0 saturated carbocycles. The molecule has 1 aromatic carbocycles. The van der Waals surface area contributed by atoms with E-state index in [4.69, 9.17) is 14.2 Å². The molecule has 0 bridgehead atoms. The average Bonchev–Trinajstić information content (AvgIpc) is 3.00. The number of aromatic nitrogens is 2. The van der Waals surface area contributed by atoms with Gasteiger partial charge in [-0.1, -0.05) is 6.92 Å². The molecule has 2 aliphatic rings. The first kappa shape index (κ1) is 33.5. The topological polar surface area (TPSA) is 97.8 Å². The number of halogens is 3. The van der Waals surface area contributed by atoms with Crippen molar-refractivity contribution < 1.29 is 32.2 Å². The number of rotatable bonds is 8. The standard InChI is InChI=1S/C34H42F3N5O4/c1-21-14-24(41-32(43)46-33(2,3)4)20-42(19-21)29-8-11-38-18-28(29)39-17-23-6-7-25(35)31(40-23)30-26(36)15-22(16-27(30)37)34(44-5)9-12-45-13-10-34/h6-8,11,15-16,18,21,24,39H,9-10,12-14,17,19-20H2,1-5H3,(H,41,43). The number of nitrogens with zero attached hydrogens (tertiary/aromatic N) is 3. The van der Waals surface area contributed by atoms with Gasteiger partial charge >= 0.3 is 6.09 Å². The summed E-state index contributed by atoms with van der Waals surface area (Å²) in [5.41, 5.74) is -0.135. The van der Waals surface area contributed by atoms with Crippen molar-refractivity contribution >= 4 is 17.5 Å². The van der Waals surface area contributed by atoms with Gasteiger partial charge in [-0.3, -0.25) is 4.98 Å². The molecule has 9 nitrogen and oxygen atoms in total. The number of alkyl carbamates (subject to hydrolysis) is 1. The molecule has 2 atom stereocenters. The zero-order chi connectivity index (χ0) is 33.1. The van der Waals surface area contributed by atoms with E-state index in [0.29, 0.717) is 49.5 Å². The van der Waals surface area contributed by atoms with Gasteiger partial charge in [0.1, 0.15) is 28.7 Å². The van der Waals surface area contributed by atoms with Crippen LogP contribution >= 0.6 is 0 Å². The smallest absolute Gasteiger partial charge is 0.407 e. The fourth-order valence-electron chi connectivity index (χ4n) is 6.24. The van der Waals surface area contributed by atoms with Crippen LogP contribution in [0.4, 0.5) is 29.3 Å². The average molecular weight is 642 g/mol. The van der Waals surface area contributed by atoms with Crippen LogP contribution in [-0.2, 0) is 26.4 Å². The molecule has 4 heterocycles. The summed E-state index contributed by atoms with van der Waals surface area (Å²) in [5, 5.41) is 6.29. The summed E-state index contributed by atoms with van der Waals surface area (Å²) in [6.45, 7) is 9.87. The molecule has 2 saturated heterocycles. The fourth-order valence-corrected chi connectivity index (χ4v) is 6.24. The van der Waals surface area contributed by atoms with Crippen molar-refractivity contribution in [2.75, 3.05) is 43.6 Å². The van der Waals surface area contributed by atoms with Gasteiger partial charge in [-0.05, 0) is 69.0 Å². The van der Waals surface area contributed by atoms with Crippen LogP contribution < -0.4 is 15.5 Å². The van der Waals surface area contributed by atoms with E-state index in [0.717, 1.165) is 24.7 Å². The Morgan fingerprint density at radius 1 is 1.09 bits per heavy atom. The third-order valence-corrected chi connectivity index (χ3v) is 8.38. The lowest BCUT2D eigenvalue weighted by Gasteiger charge is -2.39. The Morgan fingerprint density at radius 2 is 1.80 bits per heavy atom. The van der Waals surface area contributed by atoms with Gasteiger partial charge in [0.25, 0.3) is 0 Å². The Bertz CT molecular complexity index is 1520. The molecule has 2 unspecified atom stereocenters. The number of anilines is 2. The van der Waals surface area contributed by atoms with E-state index in [9.17, 15) is 4.79 Å². The Balaban J connectivity index is 1.33. The number of piperidine rings is 1. The lowest BCUT2D eigenvalue weighted by Crippen LogP contribution is -2.51. The van der Waals surface area contributed by atoms with Crippen LogP contribution in [0.15, 0.2) is 42.7 Å². The molecular formula is C34H42F3N5O4. The third-order valence-electron chi connectivity index (χ3n) is 8.38. The van der Waals surface area contributed by atoms with Gasteiger partial charge in [0.2, 0.25) is 0 Å². The van der Waals surface area contributed by atoms with Crippen molar-refractivity contribution in [2.24, 2.45) is 5.92 Å². The van der Waals surface area contributed by atoms with Crippen molar-refractivity contribution in [3.8, 4) is 11.3 Å². The number of ether oxygens (including phenoxy) is 3. The van der Waals surface area contributed by atoms with Crippen LogP contribution in [0.3, 0.4) is 0 Å². The van der Waals surface area contributed by atoms with Crippen molar-refractivity contribution in [1.29, 1.82) is 0 Å². The fraction of sp³-hybridized carbons (Fsp3) is 0.500. The highest BCUT2D eigenvalue weighted by Crippen LogP contribution is 2.39. The SMILES string of the molecule is COC1(c2cc(F)c(-c3nc(CNc4cnccc4N4CC(C)CC(NC(=O)OC(C)(C)C)C4)ccc3F)c(F)c2)CCOCC1. The third kappa shape index (κ3) is 7.72. The predicted octanol–water partition coefficient (Wildman–Crippen LogP) is 6.56. The minimum atomic E-state index is -0.919. The van der Waals surface area contributed by atoms with Crippen LogP contribution in [0.2, 0.25) is 0 Å². The first-order chi connectivity index (χ1) is 21.9. The molecule has 5 rings (SSSR count). The van der Waals surface area contributed by atoms with E-state index in [1.165, 1.54) is 25.3 Å². The second-order valence-corrected chi connectivity index (χ2v) is 13.1.